The first kappa shape index (κ1) is 11.1. The molecule has 0 radical (unpaired) electrons. The lowest BCUT2D eigenvalue weighted by atomic mass is 10.5. The van der Waals surface area contributed by atoms with Crippen molar-refractivity contribution in [2.75, 3.05) is 19.8 Å². The van der Waals surface area contributed by atoms with Crippen LogP contribution in [0.15, 0.2) is 0 Å². The highest BCUT2D eigenvalue weighted by atomic mass is 28.2. The first-order chi connectivity index (χ1) is 5.35. The summed E-state index contributed by atoms with van der Waals surface area (Å²) in [7, 11) is -0.677. The Labute approximate surface area is 69.3 Å². The van der Waals surface area contributed by atoms with E-state index in [0.717, 1.165) is 25.6 Å². The molecule has 0 aliphatic carbocycles. The average molecular weight is 179 g/mol. The van der Waals surface area contributed by atoms with Gasteiger partial charge in [0.05, 0.1) is 13.2 Å². The van der Waals surface area contributed by atoms with Crippen LogP contribution in [0.5, 0.6) is 0 Å². The molecule has 0 saturated carbocycles. The zero-order chi connectivity index (χ0) is 8.53. The standard InChI is InChI=1S/C3H11NOSi.C3H6O2/c4-2-1-3-6-5;4-1-3-2-5-3/h5H,1-4,6H2;3-4H,1-2H2. The lowest BCUT2D eigenvalue weighted by Crippen LogP contribution is -1.99. The van der Waals surface area contributed by atoms with E-state index in [-0.39, 0.29) is 12.7 Å². The summed E-state index contributed by atoms with van der Waals surface area (Å²) >= 11 is 0. The molecule has 0 bridgehead atoms. The Balaban J connectivity index is 0.000000183. The van der Waals surface area contributed by atoms with E-state index in [1.165, 1.54) is 0 Å². The van der Waals surface area contributed by atoms with Crippen LogP contribution >= 0.6 is 0 Å². The molecule has 0 amide bonds. The highest BCUT2D eigenvalue weighted by Gasteiger charge is 2.19. The maximum Gasteiger partial charge on any atom is 0.156 e. The zero-order valence-electron chi connectivity index (χ0n) is 6.70. The number of hydrogen-bond donors (Lipinski definition) is 3. The fraction of sp³-hybridized carbons (Fsp3) is 1.00. The second-order valence-electron chi connectivity index (χ2n) is 2.36. The largest absolute Gasteiger partial charge is 0.438 e. The lowest BCUT2D eigenvalue weighted by Gasteiger charge is -1.85. The summed E-state index contributed by atoms with van der Waals surface area (Å²) in [4.78, 5) is 8.28. The van der Waals surface area contributed by atoms with E-state index in [4.69, 9.17) is 15.6 Å². The number of aliphatic hydroxyl groups excluding tert-OH is 1. The number of aliphatic hydroxyl groups is 1. The van der Waals surface area contributed by atoms with Gasteiger partial charge in [0.2, 0.25) is 0 Å². The van der Waals surface area contributed by atoms with Crippen molar-refractivity contribution in [2.45, 2.75) is 18.6 Å². The van der Waals surface area contributed by atoms with Crippen LogP contribution in [0.25, 0.3) is 0 Å². The van der Waals surface area contributed by atoms with Crippen molar-refractivity contribution < 1.29 is 14.6 Å². The van der Waals surface area contributed by atoms with Crippen LogP contribution in [-0.2, 0) is 4.74 Å². The summed E-state index contributed by atoms with van der Waals surface area (Å²) in [6.45, 7) is 1.68. The van der Waals surface area contributed by atoms with Crippen LogP contribution in [0.2, 0.25) is 6.04 Å². The summed E-state index contributed by atoms with van der Waals surface area (Å²) in [5.74, 6) is 0. The zero-order valence-corrected chi connectivity index (χ0v) is 8.11. The SMILES string of the molecule is NCCC[SiH2]O.OCC1CO1. The molecule has 1 unspecified atom stereocenters. The molecule has 1 heterocycles. The molecule has 1 aliphatic rings. The summed E-state index contributed by atoms with van der Waals surface area (Å²) in [5, 5.41) is 8.08. The van der Waals surface area contributed by atoms with Crippen molar-refractivity contribution in [3.05, 3.63) is 0 Å². The van der Waals surface area contributed by atoms with Gasteiger partial charge in [-0.25, -0.2) is 0 Å². The van der Waals surface area contributed by atoms with Gasteiger partial charge in [-0.3, -0.25) is 0 Å². The fourth-order valence-electron chi connectivity index (χ4n) is 0.430. The molecule has 4 N–H and O–H groups in total. The number of epoxide rings is 1. The third kappa shape index (κ3) is 10.1. The van der Waals surface area contributed by atoms with E-state index in [0.29, 0.717) is 0 Å². The number of nitrogens with two attached hydrogens (primary N) is 1. The fourth-order valence-corrected chi connectivity index (χ4v) is 0.942. The molecule has 1 aliphatic heterocycles. The first-order valence-corrected chi connectivity index (χ1v) is 5.51. The van der Waals surface area contributed by atoms with Gasteiger partial charge in [-0.15, -0.1) is 0 Å². The van der Waals surface area contributed by atoms with Crippen molar-refractivity contribution >= 4 is 9.76 Å². The molecular formula is C6H17NO3Si. The average Bonchev–Trinajstić information content (AvgIpc) is 2.84. The summed E-state index contributed by atoms with van der Waals surface area (Å²) < 4.78 is 4.61. The minimum absolute atomic E-state index is 0.190. The Hall–Kier alpha value is 0.0569. The Morgan fingerprint density at radius 1 is 1.64 bits per heavy atom. The Morgan fingerprint density at radius 2 is 2.27 bits per heavy atom. The van der Waals surface area contributed by atoms with Crippen LogP contribution < -0.4 is 5.73 Å². The molecular weight excluding hydrogens is 162 g/mol. The van der Waals surface area contributed by atoms with Crippen molar-refractivity contribution in [3.8, 4) is 0 Å². The van der Waals surface area contributed by atoms with Gasteiger partial charge in [-0.1, -0.05) is 0 Å². The second kappa shape index (κ2) is 8.16. The molecule has 1 atom stereocenters. The highest BCUT2D eigenvalue weighted by Crippen LogP contribution is 2.04. The first-order valence-electron chi connectivity index (χ1n) is 3.88. The van der Waals surface area contributed by atoms with E-state index in [1.54, 1.807) is 0 Å². The molecule has 1 fully saturated rings. The predicted molar refractivity (Wildman–Crippen MR) is 46.1 cm³/mol. The van der Waals surface area contributed by atoms with Crippen molar-refractivity contribution in [1.82, 2.24) is 0 Å². The monoisotopic (exact) mass is 179 g/mol. The Morgan fingerprint density at radius 3 is 2.36 bits per heavy atom. The third-order valence-corrected chi connectivity index (χ3v) is 2.03. The maximum atomic E-state index is 8.28. The molecule has 1 rings (SSSR count). The van der Waals surface area contributed by atoms with Gasteiger partial charge in [-0.2, -0.15) is 0 Å². The van der Waals surface area contributed by atoms with Gasteiger partial charge < -0.3 is 20.4 Å². The van der Waals surface area contributed by atoms with Crippen molar-refractivity contribution in [1.29, 1.82) is 0 Å². The molecule has 0 aromatic carbocycles. The molecule has 4 nitrogen and oxygen atoms in total. The number of hydrogen-bond acceptors (Lipinski definition) is 4. The summed E-state index contributed by atoms with van der Waals surface area (Å²) in [6, 6.07) is 0.983. The van der Waals surface area contributed by atoms with Gasteiger partial charge in [-0.05, 0) is 19.0 Å². The number of ether oxygens (including phenoxy) is 1. The highest BCUT2D eigenvalue weighted by molar-refractivity contribution is 6.25. The molecule has 5 heteroatoms. The van der Waals surface area contributed by atoms with Gasteiger partial charge in [0.25, 0.3) is 0 Å². The van der Waals surface area contributed by atoms with Gasteiger partial charge in [0, 0.05) is 0 Å². The van der Waals surface area contributed by atoms with E-state index in [1.807, 2.05) is 0 Å². The van der Waals surface area contributed by atoms with Crippen LogP contribution in [0, 0.1) is 0 Å². The van der Waals surface area contributed by atoms with E-state index in [9.17, 15) is 0 Å². The van der Waals surface area contributed by atoms with Crippen LogP contribution in [0.4, 0.5) is 0 Å². The quantitative estimate of drug-likeness (QED) is 0.270. The molecule has 1 saturated heterocycles. The van der Waals surface area contributed by atoms with Crippen LogP contribution in [0.3, 0.4) is 0 Å². The molecule has 0 aromatic rings. The second-order valence-corrected chi connectivity index (χ2v) is 3.51. The molecule has 11 heavy (non-hydrogen) atoms. The summed E-state index contributed by atoms with van der Waals surface area (Å²) in [5.41, 5.74) is 5.13. The minimum Gasteiger partial charge on any atom is -0.438 e. The van der Waals surface area contributed by atoms with Crippen molar-refractivity contribution in [3.63, 3.8) is 0 Å². The lowest BCUT2D eigenvalue weighted by molar-refractivity contribution is 0.244. The van der Waals surface area contributed by atoms with E-state index >= 15 is 0 Å². The van der Waals surface area contributed by atoms with Gasteiger partial charge in [0.15, 0.2) is 9.76 Å². The molecule has 0 aromatic heterocycles. The van der Waals surface area contributed by atoms with E-state index in [2.05, 4.69) is 4.74 Å². The summed E-state index contributed by atoms with van der Waals surface area (Å²) in [6.07, 6.45) is 1.19. The molecule has 68 valence electrons. The number of rotatable bonds is 4. The predicted octanol–water partition coefficient (Wildman–Crippen LogP) is -1.79. The maximum absolute atomic E-state index is 8.28. The van der Waals surface area contributed by atoms with Gasteiger partial charge >= 0.3 is 0 Å². The van der Waals surface area contributed by atoms with Crippen LogP contribution in [0.1, 0.15) is 6.42 Å². The van der Waals surface area contributed by atoms with E-state index < -0.39 is 9.76 Å². The minimum atomic E-state index is -0.677. The Kier molecular flexibility index (Phi) is 8.20. The Bertz CT molecular complexity index is 76.2. The smallest absolute Gasteiger partial charge is 0.156 e. The van der Waals surface area contributed by atoms with Crippen molar-refractivity contribution in [2.24, 2.45) is 5.73 Å². The topological polar surface area (TPSA) is 79.0 Å². The van der Waals surface area contributed by atoms with Crippen LogP contribution in [-0.4, -0.2) is 45.5 Å². The molecule has 0 spiro atoms. The third-order valence-electron chi connectivity index (χ3n) is 1.22. The van der Waals surface area contributed by atoms with Gasteiger partial charge in [0.1, 0.15) is 6.10 Å². The normalized spacial score (nSPS) is 21.5.